The van der Waals surface area contributed by atoms with E-state index in [0.717, 1.165) is 16.6 Å². The summed E-state index contributed by atoms with van der Waals surface area (Å²) >= 11 is 3.39. The average Bonchev–Trinajstić information content (AvgIpc) is 2.47. The summed E-state index contributed by atoms with van der Waals surface area (Å²) in [7, 11) is 0. The lowest BCUT2D eigenvalue weighted by molar-refractivity contribution is 0.102. The largest absolute Gasteiger partial charge is 0.322 e. The van der Waals surface area contributed by atoms with Gasteiger partial charge < -0.3 is 5.32 Å². The fraction of sp³-hybridized carbons (Fsp3) is 0.235. The number of anilines is 1. The van der Waals surface area contributed by atoms with E-state index >= 15 is 0 Å². The van der Waals surface area contributed by atoms with Crippen molar-refractivity contribution in [2.45, 2.75) is 25.1 Å². The van der Waals surface area contributed by atoms with Crippen molar-refractivity contribution in [2.24, 2.45) is 0 Å². The second-order valence-corrected chi connectivity index (χ2v) is 5.63. The third kappa shape index (κ3) is 3.70. The highest BCUT2D eigenvalue weighted by molar-refractivity contribution is 9.08. The highest BCUT2D eigenvalue weighted by Gasteiger charge is 2.07. The molecule has 20 heavy (non-hydrogen) atoms. The summed E-state index contributed by atoms with van der Waals surface area (Å²) in [5, 5.41) is 3.74. The van der Waals surface area contributed by atoms with Crippen molar-refractivity contribution in [1.82, 2.24) is 0 Å². The predicted molar refractivity (Wildman–Crippen MR) is 87.6 cm³/mol. The average molecular weight is 332 g/mol. The monoisotopic (exact) mass is 331 g/mol. The zero-order valence-corrected chi connectivity index (χ0v) is 13.3. The topological polar surface area (TPSA) is 29.1 Å². The van der Waals surface area contributed by atoms with E-state index in [4.69, 9.17) is 0 Å². The molecule has 104 valence electrons. The highest BCUT2D eigenvalue weighted by atomic mass is 79.9. The Kier molecular flexibility index (Phi) is 4.96. The molecule has 0 heterocycles. The van der Waals surface area contributed by atoms with E-state index in [1.54, 1.807) is 0 Å². The minimum absolute atomic E-state index is 0.0768. The van der Waals surface area contributed by atoms with Gasteiger partial charge in [-0.15, -0.1) is 0 Å². The standard InChI is InChI=1S/C17H18BrNO/c1-12(2)15-4-3-5-16(10-15)19-17(20)14-8-6-13(11-18)7-9-14/h3-10,12H,11H2,1-2H3,(H,19,20). The number of amides is 1. The van der Waals surface area contributed by atoms with E-state index in [1.807, 2.05) is 42.5 Å². The molecule has 0 atom stereocenters. The second-order valence-electron chi connectivity index (χ2n) is 5.06. The van der Waals surface area contributed by atoms with Crippen LogP contribution in [0.4, 0.5) is 5.69 Å². The molecule has 1 amide bonds. The number of carbonyl (C=O) groups excluding carboxylic acids is 1. The number of halogens is 1. The molecule has 0 spiro atoms. The van der Waals surface area contributed by atoms with E-state index in [0.29, 0.717) is 11.5 Å². The molecule has 0 radical (unpaired) electrons. The minimum Gasteiger partial charge on any atom is -0.322 e. The lowest BCUT2D eigenvalue weighted by atomic mass is 10.0. The van der Waals surface area contributed by atoms with Gasteiger partial charge in [0.1, 0.15) is 0 Å². The molecule has 2 nitrogen and oxygen atoms in total. The Morgan fingerprint density at radius 3 is 2.45 bits per heavy atom. The van der Waals surface area contributed by atoms with Crippen LogP contribution in [0.15, 0.2) is 48.5 Å². The third-order valence-electron chi connectivity index (χ3n) is 3.18. The number of rotatable bonds is 4. The van der Waals surface area contributed by atoms with Gasteiger partial charge in [-0.05, 0) is 41.3 Å². The summed E-state index contributed by atoms with van der Waals surface area (Å²) in [5.41, 5.74) is 3.89. The van der Waals surface area contributed by atoms with Gasteiger partial charge in [0.2, 0.25) is 0 Å². The first-order valence-electron chi connectivity index (χ1n) is 6.66. The molecule has 3 heteroatoms. The van der Waals surface area contributed by atoms with E-state index in [9.17, 15) is 4.79 Å². The summed E-state index contributed by atoms with van der Waals surface area (Å²) in [6.45, 7) is 4.28. The first kappa shape index (κ1) is 14.8. The summed E-state index contributed by atoms with van der Waals surface area (Å²) in [6, 6.07) is 15.6. The lowest BCUT2D eigenvalue weighted by Gasteiger charge is -2.09. The van der Waals surface area contributed by atoms with Gasteiger partial charge in [-0.1, -0.05) is 54.0 Å². The van der Waals surface area contributed by atoms with Gasteiger partial charge in [-0.3, -0.25) is 4.79 Å². The Morgan fingerprint density at radius 1 is 1.15 bits per heavy atom. The third-order valence-corrected chi connectivity index (χ3v) is 3.83. The van der Waals surface area contributed by atoms with Crippen molar-refractivity contribution >= 4 is 27.5 Å². The summed E-state index contributed by atoms with van der Waals surface area (Å²) < 4.78 is 0. The molecule has 0 bridgehead atoms. The van der Waals surface area contributed by atoms with Gasteiger partial charge in [0.05, 0.1) is 0 Å². The van der Waals surface area contributed by atoms with Crippen LogP contribution in [0.3, 0.4) is 0 Å². The molecule has 0 fully saturated rings. The zero-order valence-electron chi connectivity index (χ0n) is 11.7. The van der Waals surface area contributed by atoms with Crippen LogP contribution in [-0.4, -0.2) is 5.91 Å². The van der Waals surface area contributed by atoms with Crippen molar-refractivity contribution in [3.63, 3.8) is 0 Å². The maximum Gasteiger partial charge on any atom is 0.255 e. The molecule has 2 aromatic carbocycles. The summed E-state index contributed by atoms with van der Waals surface area (Å²) in [5.74, 6) is 0.372. The quantitative estimate of drug-likeness (QED) is 0.788. The Hall–Kier alpha value is -1.61. The first-order valence-corrected chi connectivity index (χ1v) is 7.78. The minimum atomic E-state index is -0.0768. The van der Waals surface area contributed by atoms with Crippen LogP contribution >= 0.6 is 15.9 Å². The smallest absolute Gasteiger partial charge is 0.255 e. The van der Waals surface area contributed by atoms with Crippen molar-refractivity contribution < 1.29 is 4.79 Å². The number of carbonyl (C=O) groups is 1. The SMILES string of the molecule is CC(C)c1cccc(NC(=O)c2ccc(CBr)cc2)c1. The van der Waals surface area contributed by atoms with Gasteiger partial charge >= 0.3 is 0 Å². The summed E-state index contributed by atoms with van der Waals surface area (Å²) in [4.78, 5) is 12.2. The van der Waals surface area contributed by atoms with Crippen molar-refractivity contribution in [2.75, 3.05) is 5.32 Å². The molecule has 0 aliphatic heterocycles. The second kappa shape index (κ2) is 6.71. The molecule has 2 aromatic rings. The fourth-order valence-corrected chi connectivity index (χ4v) is 2.30. The molecule has 1 N–H and O–H groups in total. The van der Waals surface area contributed by atoms with E-state index in [1.165, 1.54) is 5.56 Å². The van der Waals surface area contributed by atoms with Gasteiger partial charge in [0.25, 0.3) is 5.91 Å². The molecule has 2 rings (SSSR count). The maximum absolute atomic E-state index is 12.2. The Labute approximate surface area is 128 Å². The Morgan fingerprint density at radius 2 is 1.85 bits per heavy atom. The van der Waals surface area contributed by atoms with E-state index in [2.05, 4.69) is 41.2 Å². The zero-order chi connectivity index (χ0) is 14.5. The van der Waals surface area contributed by atoms with Crippen LogP contribution in [0.1, 0.15) is 41.3 Å². The fourth-order valence-electron chi connectivity index (χ4n) is 1.92. The van der Waals surface area contributed by atoms with Crippen molar-refractivity contribution in [1.29, 1.82) is 0 Å². The number of alkyl halides is 1. The van der Waals surface area contributed by atoms with Crippen LogP contribution in [0.5, 0.6) is 0 Å². The maximum atomic E-state index is 12.2. The van der Waals surface area contributed by atoms with Gasteiger partial charge in [0, 0.05) is 16.6 Å². The van der Waals surface area contributed by atoms with Crippen LogP contribution < -0.4 is 5.32 Å². The van der Waals surface area contributed by atoms with Gasteiger partial charge in [0.15, 0.2) is 0 Å². The van der Waals surface area contributed by atoms with E-state index < -0.39 is 0 Å². The molecule has 0 saturated carbocycles. The van der Waals surface area contributed by atoms with Gasteiger partial charge in [-0.2, -0.15) is 0 Å². The molecule has 0 aliphatic carbocycles. The Balaban J connectivity index is 2.12. The highest BCUT2D eigenvalue weighted by Crippen LogP contribution is 2.19. The number of benzene rings is 2. The molecular weight excluding hydrogens is 314 g/mol. The number of nitrogens with one attached hydrogen (secondary N) is 1. The van der Waals surface area contributed by atoms with Crippen LogP contribution in [0.25, 0.3) is 0 Å². The first-order chi connectivity index (χ1) is 9.60. The van der Waals surface area contributed by atoms with Crippen molar-refractivity contribution in [3.05, 3.63) is 65.2 Å². The predicted octanol–water partition coefficient (Wildman–Crippen LogP) is 4.96. The summed E-state index contributed by atoms with van der Waals surface area (Å²) in [6.07, 6.45) is 0. The molecule has 0 unspecified atom stereocenters. The Bertz CT molecular complexity index is 590. The molecule has 0 aliphatic rings. The van der Waals surface area contributed by atoms with Crippen molar-refractivity contribution in [3.8, 4) is 0 Å². The van der Waals surface area contributed by atoms with Crippen LogP contribution in [0.2, 0.25) is 0 Å². The molecule has 0 saturated heterocycles. The van der Waals surface area contributed by atoms with Gasteiger partial charge in [-0.25, -0.2) is 0 Å². The van der Waals surface area contributed by atoms with Crippen LogP contribution in [-0.2, 0) is 5.33 Å². The lowest BCUT2D eigenvalue weighted by Crippen LogP contribution is -2.12. The normalized spacial score (nSPS) is 10.6. The number of hydrogen-bond donors (Lipinski definition) is 1. The molecule has 0 aromatic heterocycles. The van der Waals surface area contributed by atoms with Crippen LogP contribution in [0, 0.1) is 0 Å². The molecular formula is C17H18BrNO. The van der Waals surface area contributed by atoms with E-state index in [-0.39, 0.29) is 5.91 Å². The number of hydrogen-bond acceptors (Lipinski definition) is 1.